The van der Waals surface area contributed by atoms with Crippen LogP contribution in [0.5, 0.6) is 0 Å². The monoisotopic (exact) mass is 238 g/mol. The zero-order valence-electron chi connectivity index (χ0n) is 11.9. The maximum absolute atomic E-state index is 3.56. The largest absolute Gasteiger partial charge is 0.317 e. The third-order valence-electron chi connectivity index (χ3n) is 5.03. The summed E-state index contributed by atoms with van der Waals surface area (Å²) in [5.74, 6) is 2.72. The zero-order chi connectivity index (χ0) is 12.3. The van der Waals surface area contributed by atoms with Gasteiger partial charge < -0.3 is 10.2 Å². The van der Waals surface area contributed by atoms with Crippen molar-refractivity contribution in [2.75, 3.05) is 26.7 Å². The van der Waals surface area contributed by atoms with Crippen molar-refractivity contribution in [3.63, 3.8) is 0 Å². The first-order valence-electron chi connectivity index (χ1n) is 7.60. The van der Waals surface area contributed by atoms with E-state index in [2.05, 4.69) is 31.1 Å². The Morgan fingerprint density at radius 2 is 1.88 bits per heavy atom. The van der Waals surface area contributed by atoms with Crippen molar-refractivity contribution in [3.05, 3.63) is 0 Å². The summed E-state index contributed by atoms with van der Waals surface area (Å²) in [7, 11) is 2.15. The molecule has 100 valence electrons. The van der Waals surface area contributed by atoms with E-state index >= 15 is 0 Å². The van der Waals surface area contributed by atoms with Gasteiger partial charge in [0.15, 0.2) is 0 Å². The smallest absolute Gasteiger partial charge is 0.0105 e. The molecule has 2 nitrogen and oxygen atoms in total. The highest BCUT2D eigenvalue weighted by Gasteiger charge is 2.32. The standard InChI is InChI=1S/C15H30N2/c1-12(2)13-6-7-15(16-3)14(10-13)11-17-8-4-5-9-17/h12-16H,4-11H2,1-3H3. The van der Waals surface area contributed by atoms with E-state index < -0.39 is 0 Å². The molecule has 3 unspecified atom stereocenters. The molecule has 0 amide bonds. The van der Waals surface area contributed by atoms with Crippen LogP contribution in [0.15, 0.2) is 0 Å². The van der Waals surface area contributed by atoms with Gasteiger partial charge in [-0.25, -0.2) is 0 Å². The minimum absolute atomic E-state index is 0.769. The van der Waals surface area contributed by atoms with Crippen LogP contribution in [-0.2, 0) is 0 Å². The molecule has 1 aliphatic carbocycles. The van der Waals surface area contributed by atoms with E-state index in [1.54, 1.807) is 0 Å². The fourth-order valence-electron chi connectivity index (χ4n) is 3.78. The molecule has 2 aliphatic rings. The summed E-state index contributed by atoms with van der Waals surface area (Å²) in [6.45, 7) is 8.84. The van der Waals surface area contributed by atoms with E-state index in [0.717, 1.165) is 23.8 Å². The maximum atomic E-state index is 3.56. The van der Waals surface area contributed by atoms with Crippen molar-refractivity contribution in [1.29, 1.82) is 0 Å². The summed E-state index contributed by atoms with van der Waals surface area (Å²) in [6.07, 6.45) is 7.10. The van der Waals surface area contributed by atoms with Crippen molar-refractivity contribution in [3.8, 4) is 0 Å². The highest BCUT2D eigenvalue weighted by molar-refractivity contribution is 4.87. The number of likely N-dealkylation sites (tertiary alicyclic amines) is 1. The molecule has 0 spiro atoms. The summed E-state index contributed by atoms with van der Waals surface area (Å²) in [5, 5.41) is 3.56. The van der Waals surface area contributed by atoms with Crippen LogP contribution < -0.4 is 5.32 Å². The van der Waals surface area contributed by atoms with Crippen LogP contribution in [-0.4, -0.2) is 37.6 Å². The second-order valence-electron chi connectivity index (χ2n) is 6.48. The van der Waals surface area contributed by atoms with Crippen LogP contribution in [0.3, 0.4) is 0 Å². The summed E-state index contributed by atoms with van der Waals surface area (Å²) >= 11 is 0. The van der Waals surface area contributed by atoms with Gasteiger partial charge in [-0.1, -0.05) is 13.8 Å². The predicted octanol–water partition coefficient (Wildman–Crippen LogP) is 2.74. The summed E-state index contributed by atoms with van der Waals surface area (Å²) in [5.41, 5.74) is 0. The third-order valence-corrected chi connectivity index (χ3v) is 5.03. The molecule has 0 bridgehead atoms. The Morgan fingerprint density at radius 1 is 1.18 bits per heavy atom. The molecule has 1 saturated heterocycles. The second kappa shape index (κ2) is 6.19. The molecule has 1 saturated carbocycles. The van der Waals surface area contributed by atoms with Gasteiger partial charge in [0.2, 0.25) is 0 Å². The molecule has 2 rings (SSSR count). The zero-order valence-corrected chi connectivity index (χ0v) is 11.9. The predicted molar refractivity (Wildman–Crippen MR) is 74.2 cm³/mol. The van der Waals surface area contributed by atoms with Crippen LogP contribution in [0.25, 0.3) is 0 Å². The quantitative estimate of drug-likeness (QED) is 0.810. The van der Waals surface area contributed by atoms with Crippen molar-refractivity contribution >= 4 is 0 Å². The Bertz CT molecular complexity index is 219. The SMILES string of the molecule is CNC1CCC(C(C)C)CC1CN1CCCC1. The average Bonchev–Trinajstić information content (AvgIpc) is 2.81. The van der Waals surface area contributed by atoms with E-state index in [9.17, 15) is 0 Å². The molecular weight excluding hydrogens is 208 g/mol. The lowest BCUT2D eigenvalue weighted by molar-refractivity contribution is 0.136. The topological polar surface area (TPSA) is 15.3 Å². The lowest BCUT2D eigenvalue weighted by Crippen LogP contribution is -2.44. The first-order chi connectivity index (χ1) is 8.20. The Morgan fingerprint density at radius 3 is 2.47 bits per heavy atom. The van der Waals surface area contributed by atoms with Crippen LogP contribution in [0, 0.1) is 17.8 Å². The van der Waals surface area contributed by atoms with Gasteiger partial charge in [0, 0.05) is 12.6 Å². The van der Waals surface area contributed by atoms with Gasteiger partial charge in [-0.05, 0) is 70.0 Å². The summed E-state index contributed by atoms with van der Waals surface area (Å²) in [6, 6.07) is 0.769. The number of hydrogen-bond donors (Lipinski definition) is 1. The number of rotatable bonds is 4. The molecule has 2 heteroatoms. The highest BCUT2D eigenvalue weighted by atomic mass is 15.1. The van der Waals surface area contributed by atoms with E-state index in [0.29, 0.717) is 0 Å². The lowest BCUT2D eigenvalue weighted by Gasteiger charge is -2.39. The molecule has 1 aliphatic heterocycles. The maximum Gasteiger partial charge on any atom is 0.0105 e. The second-order valence-corrected chi connectivity index (χ2v) is 6.48. The van der Waals surface area contributed by atoms with Crippen molar-refractivity contribution < 1.29 is 0 Å². The number of nitrogens with one attached hydrogen (secondary N) is 1. The Hall–Kier alpha value is -0.0800. The Kier molecular flexibility index (Phi) is 4.87. The third kappa shape index (κ3) is 3.45. The van der Waals surface area contributed by atoms with Gasteiger partial charge in [0.1, 0.15) is 0 Å². The van der Waals surface area contributed by atoms with Crippen molar-refractivity contribution in [2.45, 2.75) is 52.0 Å². The summed E-state index contributed by atoms with van der Waals surface area (Å²) in [4.78, 5) is 2.69. The van der Waals surface area contributed by atoms with Gasteiger partial charge >= 0.3 is 0 Å². The van der Waals surface area contributed by atoms with E-state index in [1.807, 2.05) is 0 Å². The highest BCUT2D eigenvalue weighted by Crippen LogP contribution is 2.34. The van der Waals surface area contributed by atoms with Crippen LogP contribution in [0.4, 0.5) is 0 Å². The van der Waals surface area contributed by atoms with Gasteiger partial charge in [-0.15, -0.1) is 0 Å². The van der Waals surface area contributed by atoms with E-state index in [1.165, 1.54) is 51.7 Å². The number of hydrogen-bond acceptors (Lipinski definition) is 2. The molecule has 1 N–H and O–H groups in total. The van der Waals surface area contributed by atoms with Crippen LogP contribution >= 0.6 is 0 Å². The Labute approximate surface area is 107 Å². The summed E-state index contributed by atoms with van der Waals surface area (Å²) < 4.78 is 0. The lowest BCUT2D eigenvalue weighted by atomic mass is 9.73. The molecule has 0 aromatic heterocycles. The molecule has 1 heterocycles. The van der Waals surface area contributed by atoms with Gasteiger partial charge in [0.05, 0.1) is 0 Å². The van der Waals surface area contributed by atoms with E-state index in [-0.39, 0.29) is 0 Å². The molecule has 2 fully saturated rings. The fraction of sp³-hybridized carbons (Fsp3) is 1.00. The van der Waals surface area contributed by atoms with Crippen LogP contribution in [0.2, 0.25) is 0 Å². The van der Waals surface area contributed by atoms with Gasteiger partial charge in [-0.3, -0.25) is 0 Å². The van der Waals surface area contributed by atoms with Crippen molar-refractivity contribution in [2.24, 2.45) is 17.8 Å². The first kappa shape index (κ1) is 13.4. The molecule has 0 radical (unpaired) electrons. The van der Waals surface area contributed by atoms with Crippen molar-refractivity contribution in [1.82, 2.24) is 10.2 Å². The Balaban J connectivity index is 1.89. The molecule has 0 aromatic rings. The van der Waals surface area contributed by atoms with Crippen LogP contribution in [0.1, 0.15) is 46.0 Å². The minimum atomic E-state index is 0.769. The first-order valence-corrected chi connectivity index (χ1v) is 7.60. The molecule has 3 atom stereocenters. The molecule has 17 heavy (non-hydrogen) atoms. The normalized spacial score (nSPS) is 35.6. The number of nitrogens with zero attached hydrogens (tertiary/aromatic N) is 1. The van der Waals surface area contributed by atoms with E-state index in [4.69, 9.17) is 0 Å². The fourth-order valence-corrected chi connectivity index (χ4v) is 3.78. The average molecular weight is 238 g/mol. The van der Waals surface area contributed by atoms with Gasteiger partial charge in [-0.2, -0.15) is 0 Å². The van der Waals surface area contributed by atoms with Gasteiger partial charge in [0.25, 0.3) is 0 Å². The minimum Gasteiger partial charge on any atom is -0.317 e. The molecular formula is C15H30N2. The molecule has 0 aromatic carbocycles.